The second-order valence-electron chi connectivity index (χ2n) is 6.25. The summed E-state index contributed by atoms with van der Waals surface area (Å²) in [5.41, 5.74) is 3.99. The number of carbonyl (C=O) groups is 1. The molecule has 0 radical (unpaired) electrons. The van der Waals surface area contributed by atoms with E-state index in [1.165, 1.54) is 18.4 Å². The fourth-order valence-electron chi connectivity index (χ4n) is 3.00. The highest BCUT2D eigenvalue weighted by Crippen LogP contribution is 2.42. The molecule has 1 aliphatic rings. The maximum atomic E-state index is 12.6. The third-order valence-corrected chi connectivity index (χ3v) is 4.45. The number of hydrogen-bond acceptors (Lipinski definition) is 4. The third-order valence-electron chi connectivity index (χ3n) is 4.45. The normalized spacial score (nSPS) is 14.9. The number of rotatable bonds is 5. The van der Waals surface area contributed by atoms with Crippen molar-refractivity contribution in [2.45, 2.75) is 25.7 Å². The molecule has 3 aromatic heterocycles. The minimum Gasteiger partial charge on any atom is -0.462 e. The van der Waals surface area contributed by atoms with E-state index in [0.29, 0.717) is 23.8 Å². The van der Waals surface area contributed by atoms with Crippen molar-refractivity contribution < 1.29 is 9.53 Å². The Morgan fingerprint density at radius 1 is 1.40 bits per heavy atom. The second-order valence-corrected chi connectivity index (χ2v) is 6.25. The van der Waals surface area contributed by atoms with E-state index in [9.17, 15) is 4.79 Å². The lowest BCUT2D eigenvalue weighted by molar-refractivity contribution is -0.136. The number of imidazole rings is 1. The molecule has 1 aliphatic carbocycles. The minimum atomic E-state index is -0.367. The van der Waals surface area contributed by atoms with Crippen molar-refractivity contribution in [3.8, 4) is 0 Å². The summed E-state index contributed by atoms with van der Waals surface area (Å²) in [6.45, 7) is 2.13. The van der Waals surface area contributed by atoms with Gasteiger partial charge < -0.3 is 9.14 Å². The van der Waals surface area contributed by atoms with E-state index in [2.05, 4.69) is 10.1 Å². The number of aryl methyl sites for hydroxylation is 1. The number of pyridine rings is 1. The highest BCUT2D eigenvalue weighted by molar-refractivity contribution is 6.21. The predicted octanol–water partition coefficient (Wildman–Crippen LogP) is 3.05. The van der Waals surface area contributed by atoms with Gasteiger partial charge in [-0.15, -0.1) is 0 Å². The van der Waals surface area contributed by atoms with E-state index in [4.69, 9.17) is 4.74 Å². The van der Waals surface area contributed by atoms with Crippen LogP contribution in [0.2, 0.25) is 0 Å². The molecule has 0 spiro atoms. The van der Waals surface area contributed by atoms with Crippen LogP contribution in [0.15, 0.2) is 36.8 Å². The van der Waals surface area contributed by atoms with Crippen LogP contribution in [0.3, 0.4) is 0 Å². The van der Waals surface area contributed by atoms with Crippen LogP contribution < -0.4 is 0 Å². The molecule has 0 aromatic carbocycles. The summed E-state index contributed by atoms with van der Waals surface area (Å²) >= 11 is 0. The molecule has 0 N–H and O–H groups in total. The Kier molecular flexibility index (Phi) is 3.87. The number of carbonyl (C=O) groups excluding carboxylic acids is 1. The highest BCUT2D eigenvalue weighted by Gasteiger charge is 2.28. The van der Waals surface area contributed by atoms with Gasteiger partial charge in [-0.2, -0.15) is 5.10 Å². The minimum absolute atomic E-state index is 0.324. The predicted molar refractivity (Wildman–Crippen MR) is 94.9 cm³/mol. The summed E-state index contributed by atoms with van der Waals surface area (Å²) in [7, 11) is 1.89. The van der Waals surface area contributed by atoms with Gasteiger partial charge in [0.2, 0.25) is 0 Å². The van der Waals surface area contributed by atoms with Crippen molar-refractivity contribution in [3.05, 3.63) is 53.7 Å². The molecule has 6 heteroatoms. The fourth-order valence-corrected chi connectivity index (χ4v) is 3.00. The van der Waals surface area contributed by atoms with E-state index in [0.717, 1.165) is 11.3 Å². The summed E-state index contributed by atoms with van der Waals surface area (Å²) in [6.07, 6.45) is 9.88. The lowest BCUT2D eigenvalue weighted by atomic mass is 10.1. The number of ether oxygens (including phenoxy) is 1. The van der Waals surface area contributed by atoms with Crippen molar-refractivity contribution in [2.24, 2.45) is 7.05 Å². The largest absolute Gasteiger partial charge is 0.462 e. The zero-order valence-electron chi connectivity index (χ0n) is 14.3. The van der Waals surface area contributed by atoms with Crippen LogP contribution in [0.5, 0.6) is 0 Å². The van der Waals surface area contributed by atoms with Gasteiger partial charge in [-0.05, 0) is 43.9 Å². The fraction of sp³-hybridized carbons (Fsp3) is 0.316. The van der Waals surface area contributed by atoms with Gasteiger partial charge in [0.15, 0.2) is 0 Å². The molecular weight excluding hydrogens is 316 g/mol. The molecule has 3 aromatic rings. The van der Waals surface area contributed by atoms with Gasteiger partial charge in [-0.25, -0.2) is 9.78 Å². The van der Waals surface area contributed by atoms with Crippen LogP contribution in [-0.4, -0.2) is 31.7 Å². The van der Waals surface area contributed by atoms with Crippen LogP contribution in [0.4, 0.5) is 0 Å². The zero-order valence-corrected chi connectivity index (χ0v) is 14.3. The molecule has 4 rings (SSSR count). The molecule has 0 unspecified atom stereocenters. The van der Waals surface area contributed by atoms with Crippen molar-refractivity contribution in [3.63, 3.8) is 0 Å². The zero-order chi connectivity index (χ0) is 17.4. The molecule has 3 heterocycles. The van der Waals surface area contributed by atoms with Gasteiger partial charge in [0, 0.05) is 25.0 Å². The first-order chi connectivity index (χ1) is 12.2. The average molecular weight is 336 g/mol. The topological polar surface area (TPSA) is 61.4 Å². The Morgan fingerprint density at radius 3 is 2.96 bits per heavy atom. The average Bonchev–Trinajstić information content (AvgIpc) is 3.25. The lowest BCUT2D eigenvalue weighted by Crippen LogP contribution is -2.08. The lowest BCUT2D eigenvalue weighted by Gasteiger charge is -2.06. The summed E-state index contributed by atoms with van der Waals surface area (Å²) in [6, 6.07) is 5.76. The Hall–Kier alpha value is -2.89. The number of esters is 1. The van der Waals surface area contributed by atoms with Gasteiger partial charge in [0.1, 0.15) is 5.65 Å². The summed E-state index contributed by atoms with van der Waals surface area (Å²) in [5.74, 6) is 0.179. The molecule has 1 saturated carbocycles. The molecular formula is C19H20N4O2. The van der Waals surface area contributed by atoms with Gasteiger partial charge in [0.05, 0.1) is 29.8 Å². The Morgan fingerprint density at radius 2 is 2.24 bits per heavy atom. The van der Waals surface area contributed by atoms with Gasteiger partial charge >= 0.3 is 5.97 Å². The van der Waals surface area contributed by atoms with Crippen LogP contribution in [0.25, 0.3) is 17.3 Å². The monoisotopic (exact) mass is 336 g/mol. The number of nitrogens with zero attached hydrogens (tertiary/aromatic N) is 4. The molecule has 0 aliphatic heterocycles. The maximum absolute atomic E-state index is 12.6. The van der Waals surface area contributed by atoms with E-state index in [-0.39, 0.29) is 5.97 Å². The van der Waals surface area contributed by atoms with E-state index >= 15 is 0 Å². The molecule has 0 atom stereocenters. The molecule has 1 fully saturated rings. The third kappa shape index (κ3) is 2.95. The molecule has 25 heavy (non-hydrogen) atoms. The Labute approximate surface area is 145 Å². The quantitative estimate of drug-likeness (QED) is 0.531. The first-order valence-electron chi connectivity index (χ1n) is 8.52. The van der Waals surface area contributed by atoms with Crippen LogP contribution in [-0.2, 0) is 16.6 Å². The molecule has 128 valence electrons. The summed E-state index contributed by atoms with van der Waals surface area (Å²) in [4.78, 5) is 17.2. The van der Waals surface area contributed by atoms with Crippen molar-refractivity contribution in [1.29, 1.82) is 0 Å². The van der Waals surface area contributed by atoms with Crippen LogP contribution in [0, 0.1) is 0 Å². The van der Waals surface area contributed by atoms with Crippen molar-refractivity contribution >= 4 is 23.3 Å². The number of hydrogen-bond donors (Lipinski definition) is 0. The first kappa shape index (κ1) is 15.6. The summed E-state index contributed by atoms with van der Waals surface area (Å²) in [5, 5.41) is 4.37. The van der Waals surface area contributed by atoms with Crippen LogP contribution in [0.1, 0.15) is 42.6 Å². The molecule has 0 amide bonds. The van der Waals surface area contributed by atoms with Gasteiger partial charge in [-0.1, -0.05) is 6.07 Å². The highest BCUT2D eigenvalue weighted by atomic mass is 16.5. The first-order valence-corrected chi connectivity index (χ1v) is 8.52. The SMILES string of the molecule is CCOC(=O)C(=Cc1c(C2CC2)cnn1C)c1cn2ccccc2n1. The Balaban J connectivity index is 1.83. The second kappa shape index (κ2) is 6.20. The van der Waals surface area contributed by atoms with Crippen LogP contribution >= 0.6 is 0 Å². The standard InChI is InChI=1S/C19H20N4O2/c1-3-25-19(24)14(16-12-23-9-5-4-6-18(23)21-16)10-17-15(13-7-8-13)11-20-22(17)2/h4-6,9-13H,3,7-8H2,1-2H3. The van der Waals surface area contributed by atoms with E-state index < -0.39 is 0 Å². The van der Waals surface area contributed by atoms with Crippen molar-refractivity contribution in [2.75, 3.05) is 6.61 Å². The van der Waals surface area contributed by atoms with Gasteiger partial charge in [-0.3, -0.25) is 4.68 Å². The molecule has 0 saturated heterocycles. The van der Waals surface area contributed by atoms with E-state index in [1.807, 2.05) is 59.0 Å². The molecule has 0 bridgehead atoms. The number of aromatic nitrogens is 4. The molecule has 6 nitrogen and oxygen atoms in total. The summed E-state index contributed by atoms with van der Waals surface area (Å²) < 4.78 is 8.98. The maximum Gasteiger partial charge on any atom is 0.340 e. The van der Waals surface area contributed by atoms with Crippen molar-refractivity contribution in [1.82, 2.24) is 19.2 Å². The smallest absolute Gasteiger partial charge is 0.340 e. The van der Waals surface area contributed by atoms with Gasteiger partial charge in [0.25, 0.3) is 0 Å². The Bertz CT molecular complexity index is 930. The van der Waals surface area contributed by atoms with E-state index in [1.54, 1.807) is 6.92 Å². The number of fused-ring (bicyclic) bond motifs is 1.